The molecule has 1 aromatic rings. The minimum atomic E-state index is -0.0465. The summed E-state index contributed by atoms with van der Waals surface area (Å²) in [6, 6.07) is 5.85. The second-order valence-electron chi connectivity index (χ2n) is 4.93. The van der Waals surface area contributed by atoms with E-state index in [1.165, 1.54) is 12.8 Å². The monoisotopic (exact) mass is 275 g/mol. The Hall–Kier alpha value is -1.97. The standard InChI is InChI=1S/C16H21NO3/c1-19-14-9-7-12(15(11-14)20-2)8-10-16(18)17-13-5-3-4-6-13/h7-11,13H,3-6H2,1-2H3,(H,17,18)/b10-8+. The predicted octanol–water partition coefficient (Wildman–Crippen LogP) is 2.78. The lowest BCUT2D eigenvalue weighted by molar-refractivity contribution is -0.117. The van der Waals surface area contributed by atoms with Crippen molar-refractivity contribution in [2.45, 2.75) is 31.7 Å². The number of carbonyl (C=O) groups excluding carboxylic acids is 1. The summed E-state index contributed by atoms with van der Waals surface area (Å²) >= 11 is 0. The van der Waals surface area contributed by atoms with Crippen molar-refractivity contribution in [3.8, 4) is 11.5 Å². The lowest BCUT2D eigenvalue weighted by Gasteiger charge is -2.10. The van der Waals surface area contributed by atoms with Gasteiger partial charge in [-0.1, -0.05) is 12.8 Å². The van der Waals surface area contributed by atoms with Crippen LogP contribution in [-0.4, -0.2) is 26.2 Å². The average Bonchev–Trinajstić information content (AvgIpc) is 2.97. The third-order valence-corrected chi connectivity index (χ3v) is 3.56. The van der Waals surface area contributed by atoms with Gasteiger partial charge in [-0.2, -0.15) is 0 Å². The van der Waals surface area contributed by atoms with Crippen LogP contribution in [0.25, 0.3) is 6.08 Å². The van der Waals surface area contributed by atoms with E-state index in [9.17, 15) is 4.79 Å². The molecular weight excluding hydrogens is 254 g/mol. The van der Waals surface area contributed by atoms with Crippen LogP contribution in [0.3, 0.4) is 0 Å². The summed E-state index contributed by atoms with van der Waals surface area (Å²) < 4.78 is 10.4. The fourth-order valence-electron chi connectivity index (χ4n) is 2.44. The largest absolute Gasteiger partial charge is 0.497 e. The first-order chi connectivity index (χ1) is 9.72. The molecule has 0 aliphatic heterocycles. The second kappa shape index (κ2) is 6.98. The molecular formula is C16H21NO3. The van der Waals surface area contributed by atoms with Gasteiger partial charge in [-0.05, 0) is 31.1 Å². The van der Waals surface area contributed by atoms with E-state index in [1.807, 2.05) is 12.1 Å². The Bertz CT molecular complexity index is 490. The Kier molecular flexibility index (Phi) is 5.04. The highest BCUT2D eigenvalue weighted by Crippen LogP contribution is 2.25. The molecule has 1 saturated carbocycles. The van der Waals surface area contributed by atoms with Crippen molar-refractivity contribution in [1.29, 1.82) is 0 Å². The molecule has 2 rings (SSSR count). The molecule has 1 aliphatic carbocycles. The Morgan fingerprint density at radius 3 is 2.65 bits per heavy atom. The van der Waals surface area contributed by atoms with Crippen LogP contribution in [-0.2, 0) is 4.79 Å². The van der Waals surface area contributed by atoms with Crippen molar-refractivity contribution >= 4 is 12.0 Å². The van der Waals surface area contributed by atoms with Crippen LogP contribution in [0.2, 0.25) is 0 Å². The highest BCUT2D eigenvalue weighted by atomic mass is 16.5. The summed E-state index contributed by atoms with van der Waals surface area (Å²) in [4.78, 5) is 11.8. The number of amides is 1. The first kappa shape index (κ1) is 14.4. The van der Waals surface area contributed by atoms with Gasteiger partial charge in [0.15, 0.2) is 0 Å². The van der Waals surface area contributed by atoms with Gasteiger partial charge in [-0.25, -0.2) is 0 Å². The Morgan fingerprint density at radius 1 is 1.25 bits per heavy atom. The van der Waals surface area contributed by atoms with Crippen molar-refractivity contribution < 1.29 is 14.3 Å². The van der Waals surface area contributed by atoms with Crippen molar-refractivity contribution in [3.05, 3.63) is 29.8 Å². The van der Waals surface area contributed by atoms with Gasteiger partial charge in [-0.3, -0.25) is 4.79 Å². The highest BCUT2D eigenvalue weighted by Gasteiger charge is 2.15. The third-order valence-electron chi connectivity index (χ3n) is 3.56. The van der Waals surface area contributed by atoms with E-state index < -0.39 is 0 Å². The fourth-order valence-corrected chi connectivity index (χ4v) is 2.44. The zero-order valence-electron chi connectivity index (χ0n) is 12.0. The minimum Gasteiger partial charge on any atom is -0.497 e. The van der Waals surface area contributed by atoms with Gasteiger partial charge in [0.25, 0.3) is 0 Å². The third kappa shape index (κ3) is 3.76. The van der Waals surface area contributed by atoms with Gasteiger partial charge in [0, 0.05) is 23.7 Å². The van der Waals surface area contributed by atoms with E-state index >= 15 is 0 Å². The van der Waals surface area contributed by atoms with Crippen LogP contribution in [0.5, 0.6) is 11.5 Å². The van der Waals surface area contributed by atoms with Crippen LogP contribution in [0.15, 0.2) is 24.3 Å². The Morgan fingerprint density at radius 2 is 2.00 bits per heavy atom. The predicted molar refractivity (Wildman–Crippen MR) is 79.0 cm³/mol. The lowest BCUT2D eigenvalue weighted by atomic mass is 10.1. The average molecular weight is 275 g/mol. The number of benzene rings is 1. The zero-order chi connectivity index (χ0) is 14.4. The maximum Gasteiger partial charge on any atom is 0.244 e. The van der Waals surface area contributed by atoms with Crippen LogP contribution < -0.4 is 14.8 Å². The minimum absolute atomic E-state index is 0.0465. The van der Waals surface area contributed by atoms with Crippen molar-refractivity contribution in [2.75, 3.05) is 14.2 Å². The molecule has 0 saturated heterocycles. The smallest absolute Gasteiger partial charge is 0.244 e. The number of carbonyl (C=O) groups is 1. The topological polar surface area (TPSA) is 47.6 Å². The normalized spacial score (nSPS) is 15.5. The molecule has 0 spiro atoms. The fraction of sp³-hybridized carbons (Fsp3) is 0.438. The summed E-state index contributed by atoms with van der Waals surface area (Å²) in [5.41, 5.74) is 0.856. The molecule has 1 fully saturated rings. The van der Waals surface area contributed by atoms with E-state index in [0.29, 0.717) is 11.8 Å². The quantitative estimate of drug-likeness (QED) is 0.841. The summed E-state index contributed by atoms with van der Waals surface area (Å²) in [7, 11) is 3.21. The number of hydrogen-bond donors (Lipinski definition) is 1. The molecule has 1 aromatic carbocycles. The summed E-state index contributed by atoms with van der Waals surface area (Å²) in [5.74, 6) is 1.37. The summed E-state index contributed by atoms with van der Waals surface area (Å²) in [5, 5.41) is 3.02. The van der Waals surface area contributed by atoms with Gasteiger partial charge in [-0.15, -0.1) is 0 Å². The zero-order valence-corrected chi connectivity index (χ0v) is 12.0. The van der Waals surface area contributed by atoms with E-state index in [2.05, 4.69) is 5.32 Å². The SMILES string of the molecule is COc1ccc(/C=C/C(=O)NC2CCCC2)c(OC)c1. The molecule has 0 unspecified atom stereocenters. The highest BCUT2D eigenvalue weighted by molar-refractivity contribution is 5.92. The molecule has 20 heavy (non-hydrogen) atoms. The number of rotatable bonds is 5. The maximum absolute atomic E-state index is 11.8. The molecule has 108 valence electrons. The molecule has 1 aliphatic rings. The van der Waals surface area contributed by atoms with Gasteiger partial charge in [0.1, 0.15) is 11.5 Å². The van der Waals surface area contributed by atoms with Crippen molar-refractivity contribution in [2.24, 2.45) is 0 Å². The Labute approximate surface area is 119 Å². The van der Waals surface area contributed by atoms with Crippen molar-refractivity contribution in [1.82, 2.24) is 5.32 Å². The summed E-state index contributed by atoms with van der Waals surface area (Å²) in [6.07, 6.45) is 7.92. The van der Waals surface area contributed by atoms with E-state index in [0.717, 1.165) is 24.2 Å². The summed E-state index contributed by atoms with van der Waals surface area (Å²) in [6.45, 7) is 0. The number of ether oxygens (including phenoxy) is 2. The molecule has 0 heterocycles. The first-order valence-electron chi connectivity index (χ1n) is 6.93. The maximum atomic E-state index is 11.8. The van der Waals surface area contributed by atoms with E-state index in [4.69, 9.17) is 9.47 Å². The van der Waals surface area contributed by atoms with Crippen LogP contribution in [0, 0.1) is 0 Å². The molecule has 0 bridgehead atoms. The van der Waals surface area contributed by atoms with Crippen LogP contribution >= 0.6 is 0 Å². The van der Waals surface area contributed by atoms with Gasteiger partial charge >= 0.3 is 0 Å². The first-order valence-corrected chi connectivity index (χ1v) is 6.93. The molecule has 4 heteroatoms. The number of hydrogen-bond acceptors (Lipinski definition) is 3. The molecule has 1 amide bonds. The molecule has 0 aromatic heterocycles. The molecule has 4 nitrogen and oxygen atoms in total. The van der Waals surface area contributed by atoms with Crippen LogP contribution in [0.1, 0.15) is 31.2 Å². The van der Waals surface area contributed by atoms with E-state index in [1.54, 1.807) is 32.4 Å². The van der Waals surface area contributed by atoms with Gasteiger partial charge < -0.3 is 14.8 Å². The van der Waals surface area contributed by atoms with Gasteiger partial charge in [0.2, 0.25) is 5.91 Å². The van der Waals surface area contributed by atoms with E-state index in [-0.39, 0.29) is 5.91 Å². The van der Waals surface area contributed by atoms with Gasteiger partial charge in [0.05, 0.1) is 14.2 Å². The van der Waals surface area contributed by atoms with Crippen LogP contribution in [0.4, 0.5) is 0 Å². The number of methoxy groups -OCH3 is 2. The van der Waals surface area contributed by atoms with Crippen molar-refractivity contribution in [3.63, 3.8) is 0 Å². The Balaban J connectivity index is 2.00. The number of nitrogens with one attached hydrogen (secondary N) is 1. The molecule has 0 atom stereocenters. The molecule has 0 radical (unpaired) electrons. The lowest BCUT2D eigenvalue weighted by Crippen LogP contribution is -2.30. The second-order valence-corrected chi connectivity index (χ2v) is 4.93. The molecule has 1 N–H and O–H groups in total.